The normalized spacial score (nSPS) is 29.3. The van der Waals surface area contributed by atoms with Crippen molar-refractivity contribution in [2.45, 2.75) is 90.2 Å². The Morgan fingerprint density at radius 2 is 1.57 bits per heavy atom. The fraction of sp³-hybridized carbons (Fsp3) is 1.00. The SMILES string of the molecule is CN1CC(OC2CCN(C(C)(C)C)CC2)CC1COC(C)(C)C. The molecule has 0 aromatic rings. The van der Waals surface area contributed by atoms with Gasteiger partial charge in [0.15, 0.2) is 0 Å². The predicted octanol–water partition coefficient (Wildman–Crippen LogP) is 3.15. The Hall–Kier alpha value is -0.160. The molecule has 2 saturated heterocycles. The number of likely N-dealkylation sites (tertiary alicyclic amines) is 2. The smallest absolute Gasteiger partial charge is 0.0721 e. The quantitative estimate of drug-likeness (QED) is 0.792. The predicted molar refractivity (Wildman–Crippen MR) is 96.0 cm³/mol. The van der Waals surface area contributed by atoms with Gasteiger partial charge in [-0.1, -0.05) is 0 Å². The van der Waals surface area contributed by atoms with Gasteiger partial charge in [0.25, 0.3) is 0 Å². The molecule has 4 nitrogen and oxygen atoms in total. The molecule has 2 aliphatic rings. The monoisotopic (exact) mass is 326 g/mol. The van der Waals surface area contributed by atoms with Crippen LogP contribution >= 0.6 is 0 Å². The van der Waals surface area contributed by atoms with E-state index in [0.29, 0.717) is 18.2 Å². The van der Waals surface area contributed by atoms with Gasteiger partial charge in [-0.3, -0.25) is 9.80 Å². The van der Waals surface area contributed by atoms with E-state index < -0.39 is 0 Å². The Kier molecular flexibility index (Phi) is 6.15. The van der Waals surface area contributed by atoms with Crippen molar-refractivity contribution in [3.63, 3.8) is 0 Å². The van der Waals surface area contributed by atoms with E-state index in [-0.39, 0.29) is 11.1 Å². The number of piperidine rings is 1. The molecule has 23 heavy (non-hydrogen) atoms. The third-order valence-electron chi connectivity index (χ3n) is 5.13. The molecular formula is C19H38N2O2. The van der Waals surface area contributed by atoms with E-state index in [4.69, 9.17) is 9.47 Å². The van der Waals surface area contributed by atoms with E-state index >= 15 is 0 Å². The topological polar surface area (TPSA) is 24.9 Å². The molecule has 0 radical (unpaired) electrons. The highest BCUT2D eigenvalue weighted by Gasteiger charge is 2.34. The largest absolute Gasteiger partial charge is 0.374 e. The van der Waals surface area contributed by atoms with Crippen LogP contribution in [0.4, 0.5) is 0 Å². The van der Waals surface area contributed by atoms with Crippen LogP contribution in [-0.2, 0) is 9.47 Å². The maximum absolute atomic E-state index is 6.42. The average molecular weight is 327 g/mol. The molecule has 2 heterocycles. The summed E-state index contributed by atoms with van der Waals surface area (Å²) in [4.78, 5) is 4.98. The average Bonchev–Trinajstić information content (AvgIpc) is 2.75. The van der Waals surface area contributed by atoms with Crippen LogP contribution in [-0.4, -0.2) is 72.5 Å². The van der Waals surface area contributed by atoms with Gasteiger partial charge in [-0.15, -0.1) is 0 Å². The summed E-state index contributed by atoms with van der Waals surface area (Å²) in [7, 11) is 2.20. The maximum atomic E-state index is 6.42. The summed E-state index contributed by atoms with van der Waals surface area (Å²) in [5, 5.41) is 0. The van der Waals surface area contributed by atoms with Gasteiger partial charge in [0, 0.05) is 31.2 Å². The van der Waals surface area contributed by atoms with Gasteiger partial charge < -0.3 is 9.47 Å². The van der Waals surface area contributed by atoms with Crippen molar-refractivity contribution in [1.29, 1.82) is 0 Å². The molecule has 0 aliphatic carbocycles. The molecule has 0 amide bonds. The van der Waals surface area contributed by atoms with Crippen molar-refractivity contribution in [2.75, 3.05) is 33.3 Å². The molecule has 4 heteroatoms. The minimum Gasteiger partial charge on any atom is -0.374 e. The molecular weight excluding hydrogens is 288 g/mol. The molecule has 2 aliphatic heterocycles. The molecule has 136 valence electrons. The summed E-state index contributed by atoms with van der Waals surface area (Å²) in [6.07, 6.45) is 4.25. The second kappa shape index (κ2) is 7.38. The van der Waals surface area contributed by atoms with Crippen LogP contribution in [0.5, 0.6) is 0 Å². The number of likely N-dealkylation sites (N-methyl/N-ethyl adjacent to an activating group) is 1. The molecule has 2 fully saturated rings. The Balaban J connectivity index is 1.73. The number of hydrogen-bond donors (Lipinski definition) is 0. The summed E-state index contributed by atoms with van der Waals surface area (Å²) in [5.74, 6) is 0. The molecule has 0 bridgehead atoms. The van der Waals surface area contributed by atoms with Gasteiger partial charge >= 0.3 is 0 Å². The van der Waals surface area contributed by atoms with Crippen LogP contribution in [0.25, 0.3) is 0 Å². The first-order valence-electron chi connectivity index (χ1n) is 9.29. The summed E-state index contributed by atoms with van der Waals surface area (Å²) in [6, 6.07) is 0.494. The van der Waals surface area contributed by atoms with Crippen LogP contribution < -0.4 is 0 Å². The molecule has 0 saturated carbocycles. The summed E-state index contributed by atoms with van der Waals surface area (Å²) < 4.78 is 12.4. The molecule has 0 N–H and O–H groups in total. The molecule has 2 atom stereocenters. The zero-order chi connectivity index (χ0) is 17.3. The summed E-state index contributed by atoms with van der Waals surface area (Å²) in [6.45, 7) is 17.5. The van der Waals surface area contributed by atoms with Gasteiger partial charge in [0.2, 0.25) is 0 Å². The highest BCUT2D eigenvalue weighted by Crippen LogP contribution is 2.26. The molecule has 2 unspecified atom stereocenters. The molecule has 2 rings (SSSR count). The second-order valence-electron chi connectivity index (χ2n) is 9.37. The minimum absolute atomic E-state index is 0.0560. The van der Waals surface area contributed by atoms with Gasteiger partial charge in [-0.25, -0.2) is 0 Å². The van der Waals surface area contributed by atoms with Crippen LogP contribution in [0.15, 0.2) is 0 Å². The molecule has 0 aromatic carbocycles. The van der Waals surface area contributed by atoms with E-state index in [1.165, 1.54) is 12.8 Å². The third kappa shape index (κ3) is 6.00. The highest BCUT2D eigenvalue weighted by atomic mass is 16.5. The van der Waals surface area contributed by atoms with Crippen molar-refractivity contribution in [3.8, 4) is 0 Å². The lowest BCUT2D eigenvalue weighted by molar-refractivity contribution is -0.0505. The minimum atomic E-state index is -0.0560. The first-order valence-corrected chi connectivity index (χ1v) is 9.29. The highest BCUT2D eigenvalue weighted by molar-refractivity contribution is 4.87. The van der Waals surface area contributed by atoms with E-state index in [9.17, 15) is 0 Å². The zero-order valence-electron chi connectivity index (χ0n) is 16.4. The number of nitrogens with zero attached hydrogens (tertiary/aromatic N) is 2. The lowest BCUT2D eigenvalue weighted by Crippen LogP contribution is -2.48. The summed E-state index contributed by atoms with van der Waals surface area (Å²) >= 11 is 0. The fourth-order valence-corrected chi connectivity index (χ4v) is 3.60. The lowest BCUT2D eigenvalue weighted by Gasteiger charge is -2.41. The van der Waals surface area contributed by atoms with Crippen molar-refractivity contribution < 1.29 is 9.47 Å². The van der Waals surface area contributed by atoms with Crippen LogP contribution in [0.2, 0.25) is 0 Å². The summed E-state index contributed by atoms with van der Waals surface area (Å²) in [5.41, 5.74) is 0.230. The van der Waals surface area contributed by atoms with Gasteiger partial charge in [0.1, 0.15) is 0 Å². The first kappa shape index (κ1) is 19.2. The first-order chi connectivity index (χ1) is 10.5. The maximum Gasteiger partial charge on any atom is 0.0721 e. The van der Waals surface area contributed by atoms with E-state index in [1.54, 1.807) is 0 Å². The van der Waals surface area contributed by atoms with Crippen LogP contribution in [0, 0.1) is 0 Å². The van der Waals surface area contributed by atoms with Crippen molar-refractivity contribution >= 4 is 0 Å². The third-order valence-corrected chi connectivity index (χ3v) is 5.13. The Bertz CT molecular complexity index is 365. The van der Waals surface area contributed by atoms with Gasteiger partial charge in [-0.2, -0.15) is 0 Å². The number of ether oxygens (including phenoxy) is 2. The lowest BCUT2D eigenvalue weighted by atomic mass is 9.99. The van der Waals surface area contributed by atoms with E-state index in [1.807, 2.05) is 0 Å². The Morgan fingerprint density at radius 1 is 0.957 bits per heavy atom. The number of rotatable bonds is 4. The second-order valence-corrected chi connectivity index (χ2v) is 9.37. The Labute approximate surface area is 143 Å². The van der Waals surface area contributed by atoms with Crippen molar-refractivity contribution in [3.05, 3.63) is 0 Å². The van der Waals surface area contributed by atoms with Gasteiger partial charge in [0.05, 0.1) is 24.4 Å². The fourth-order valence-electron chi connectivity index (χ4n) is 3.60. The van der Waals surface area contributed by atoms with Crippen LogP contribution in [0.1, 0.15) is 60.8 Å². The van der Waals surface area contributed by atoms with Gasteiger partial charge in [-0.05, 0) is 67.9 Å². The molecule has 0 spiro atoms. The van der Waals surface area contributed by atoms with E-state index in [2.05, 4.69) is 58.4 Å². The zero-order valence-corrected chi connectivity index (χ0v) is 16.4. The van der Waals surface area contributed by atoms with Crippen molar-refractivity contribution in [2.24, 2.45) is 0 Å². The van der Waals surface area contributed by atoms with Crippen LogP contribution in [0.3, 0.4) is 0 Å². The van der Waals surface area contributed by atoms with Crippen molar-refractivity contribution in [1.82, 2.24) is 9.80 Å². The molecule has 0 aromatic heterocycles. The van der Waals surface area contributed by atoms with E-state index in [0.717, 1.165) is 32.7 Å². The number of hydrogen-bond acceptors (Lipinski definition) is 4. The Morgan fingerprint density at radius 3 is 2.09 bits per heavy atom. The standard InChI is InChI=1S/C19H38N2O2/c1-18(2,3)21-10-8-16(9-11-21)23-17-12-15(20(7)13-17)14-22-19(4,5)6/h15-17H,8-14H2,1-7H3.